The zero-order valence-electron chi connectivity index (χ0n) is 2.43. The first-order valence-electron chi connectivity index (χ1n) is 0.612. The van der Waals surface area contributed by atoms with E-state index in [4.69, 9.17) is 5.11 Å². The van der Waals surface area contributed by atoms with Gasteiger partial charge in [0.05, 0.1) is 0 Å². The fraction of sp³-hybridized carbons (Fsp3) is 0. The molecule has 0 spiro atoms. The minimum absolute atomic E-state index is 0. The molecule has 0 aliphatic heterocycles. The van der Waals surface area contributed by atoms with Gasteiger partial charge in [-0.2, -0.15) is 0 Å². The van der Waals surface area contributed by atoms with Gasteiger partial charge in [0.2, 0.25) is 0 Å². The molecule has 4 heteroatoms. The average Bonchev–Trinajstić information content (AvgIpc) is 0.811. The molecule has 0 heterocycles. The second-order valence-corrected chi connectivity index (χ2v) is 1.25. The van der Waals surface area contributed by atoms with E-state index in [9.17, 15) is 0 Å². The second-order valence-electron chi connectivity index (χ2n) is 0.250. The van der Waals surface area contributed by atoms with Gasteiger partial charge in [-0.25, -0.2) is 4.38 Å². The molecule has 0 saturated heterocycles. The first-order chi connectivity index (χ1) is 1.73. The third-order valence-electron chi connectivity index (χ3n) is 0. The number of rotatable bonds is 0. The molecule has 0 atom stereocenters. The number of thiocarbonyl (C=S) groups is 1. The van der Waals surface area contributed by atoms with Crippen LogP contribution in [0.4, 0.5) is 0 Å². The van der Waals surface area contributed by atoms with Crippen LogP contribution in [0.5, 0.6) is 0 Å². The van der Waals surface area contributed by atoms with Crippen LogP contribution in [-0.2, 0) is 12.6 Å². The van der Waals surface area contributed by atoms with Crippen LogP contribution in [0, 0.1) is 0 Å². The van der Waals surface area contributed by atoms with Gasteiger partial charge in [-0.1, -0.05) is 0 Å². The summed E-state index contributed by atoms with van der Waals surface area (Å²) in [6, 6.07) is 0. The number of hydrogen-bond acceptors (Lipinski definition) is 3. The summed E-state index contributed by atoms with van der Waals surface area (Å²) in [6.45, 7) is 0. The molecule has 0 aromatic carbocycles. The van der Waals surface area contributed by atoms with Gasteiger partial charge in [0.25, 0.3) is 0 Å². The van der Waals surface area contributed by atoms with Crippen molar-refractivity contribution in [3.63, 3.8) is 0 Å². The van der Waals surface area contributed by atoms with E-state index in [1.54, 1.807) is 0 Å². The van der Waals surface area contributed by atoms with Crippen molar-refractivity contribution in [2.24, 2.45) is 0 Å². The normalized spacial score (nSPS) is 4.80. The average molecular weight is 132 g/mol. The molecule has 24 valence electrons. The van der Waals surface area contributed by atoms with Gasteiger partial charge < -0.3 is 30.0 Å². The molecule has 0 aromatic rings. The summed E-state index contributed by atoms with van der Waals surface area (Å²) < 4.78 is -0.667. The molecule has 0 radical (unpaired) electrons. The van der Waals surface area contributed by atoms with Crippen LogP contribution in [0.15, 0.2) is 0 Å². The molecule has 0 bridgehead atoms. The quantitative estimate of drug-likeness (QED) is 0.235. The van der Waals surface area contributed by atoms with E-state index in [1.807, 2.05) is 0 Å². The van der Waals surface area contributed by atoms with E-state index in [0.29, 0.717) is 0 Å². The van der Waals surface area contributed by atoms with Crippen molar-refractivity contribution < 1.29 is 5.11 Å². The van der Waals surface area contributed by atoms with E-state index in [2.05, 4.69) is 24.8 Å². The fourth-order valence-corrected chi connectivity index (χ4v) is 0. The van der Waals surface area contributed by atoms with Crippen LogP contribution in [0.1, 0.15) is 0 Å². The van der Waals surface area contributed by atoms with Crippen molar-refractivity contribution in [3.8, 4) is 0 Å². The molecule has 0 fully saturated rings. The second kappa shape index (κ2) is 5.37. The minimum atomic E-state index is -0.667. The monoisotopic (exact) mass is 132 g/mol. The maximum atomic E-state index is 9.07. The predicted molar refractivity (Wildman–Crippen MR) is 25.7 cm³/mol. The molecule has 0 aliphatic carbocycles. The number of hydrogen-bond donors (Lipinski definition) is 0. The summed E-state index contributed by atoms with van der Waals surface area (Å²) >= 11 is 7.59. The summed E-state index contributed by atoms with van der Waals surface area (Å²) in [4.78, 5) is 0. The SMILES string of the molecule is [Ca+2].[O-]C(=S)[S-]. The largest absolute Gasteiger partial charge is 2.00 e. The third kappa shape index (κ3) is 32.5. The molecule has 0 saturated carbocycles. The smallest absolute Gasteiger partial charge is 0.887 e. The molecular weight excluding hydrogens is 132 g/mol. The molecular formula is CCaOS2. The van der Waals surface area contributed by atoms with Crippen LogP contribution in [-0.4, -0.2) is 42.1 Å². The summed E-state index contributed by atoms with van der Waals surface area (Å²) in [5, 5.41) is 9.07. The predicted octanol–water partition coefficient (Wildman–Crippen LogP) is -1.20. The van der Waals surface area contributed by atoms with E-state index in [0.717, 1.165) is 0 Å². The zero-order valence-corrected chi connectivity index (χ0v) is 6.27. The summed E-state index contributed by atoms with van der Waals surface area (Å²) in [6.07, 6.45) is 0. The van der Waals surface area contributed by atoms with Crippen LogP contribution in [0.25, 0.3) is 0 Å². The van der Waals surface area contributed by atoms with E-state index in [-0.39, 0.29) is 37.7 Å². The van der Waals surface area contributed by atoms with E-state index >= 15 is 0 Å². The summed E-state index contributed by atoms with van der Waals surface area (Å²) in [7, 11) is 0. The standard InChI is InChI=1S/CH2OS2.Ca/c2-1(3)4;/h(H2,2,3,4);/q;+2/p-2. The van der Waals surface area contributed by atoms with Crippen molar-refractivity contribution in [3.05, 3.63) is 0 Å². The molecule has 0 unspecified atom stereocenters. The van der Waals surface area contributed by atoms with Crippen LogP contribution >= 0.6 is 12.2 Å². The Hall–Kier alpha value is 1.37. The van der Waals surface area contributed by atoms with Crippen molar-refractivity contribution in [2.45, 2.75) is 0 Å². The fourth-order valence-electron chi connectivity index (χ4n) is 0. The van der Waals surface area contributed by atoms with Gasteiger partial charge in [0, 0.05) is 0 Å². The maximum Gasteiger partial charge on any atom is 2.00 e. The molecule has 0 N–H and O–H groups in total. The van der Waals surface area contributed by atoms with Gasteiger partial charge in [-0.3, -0.25) is 0 Å². The Morgan fingerprint density at radius 2 is 1.80 bits per heavy atom. The third-order valence-corrected chi connectivity index (χ3v) is 0. The molecule has 1 nitrogen and oxygen atoms in total. The first-order valence-corrected chi connectivity index (χ1v) is 1.43. The van der Waals surface area contributed by atoms with Crippen LogP contribution in [0.3, 0.4) is 0 Å². The van der Waals surface area contributed by atoms with Crippen molar-refractivity contribution in [1.82, 2.24) is 0 Å². The van der Waals surface area contributed by atoms with Crippen molar-refractivity contribution >= 4 is 67.0 Å². The van der Waals surface area contributed by atoms with Gasteiger partial charge in [0.1, 0.15) is 0 Å². The molecule has 5 heavy (non-hydrogen) atoms. The van der Waals surface area contributed by atoms with E-state index < -0.39 is 4.38 Å². The first kappa shape index (κ1) is 9.62. The Kier molecular flexibility index (Phi) is 10.3. The van der Waals surface area contributed by atoms with Gasteiger partial charge in [0.15, 0.2) is 0 Å². The molecule has 0 aromatic heterocycles. The van der Waals surface area contributed by atoms with Gasteiger partial charge in [-0.15, -0.1) is 0 Å². The van der Waals surface area contributed by atoms with E-state index in [1.165, 1.54) is 0 Å². The Morgan fingerprint density at radius 3 is 1.80 bits per heavy atom. The Labute approximate surface area is 71.2 Å². The molecule has 0 amide bonds. The van der Waals surface area contributed by atoms with Crippen molar-refractivity contribution in [2.75, 3.05) is 0 Å². The minimum Gasteiger partial charge on any atom is -0.887 e. The Bertz CT molecular complexity index is 32.6. The topological polar surface area (TPSA) is 23.1 Å². The molecule has 0 aliphatic rings. The summed E-state index contributed by atoms with van der Waals surface area (Å²) in [5.41, 5.74) is 0. The molecule has 0 rings (SSSR count). The van der Waals surface area contributed by atoms with Crippen LogP contribution < -0.4 is 5.11 Å². The van der Waals surface area contributed by atoms with Crippen molar-refractivity contribution in [1.29, 1.82) is 0 Å². The Morgan fingerprint density at radius 1 is 1.80 bits per heavy atom. The zero-order chi connectivity index (χ0) is 3.58. The van der Waals surface area contributed by atoms with Gasteiger partial charge >= 0.3 is 37.7 Å². The summed E-state index contributed by atoms with van der Waals surface area (Å²) in [5.74, 6) is 0. The van der Waals surface area contributed by atoms with Gasteiger partial charge in [-0.05, 0) is 0 Å². The maximum absolute atomic E-state index is 9.07. The van der Waals surface area contributed by atoms with Crippen LogP contribution in [0.2, 0.25) is 0 Å². The Balaban J connectivity index is 0.